The minimum Gasteiger partial charge on any atom is -0.348 e. The fraction of sp³-hybridized carbons (Fsp3) is 0.278. The van der Waals surface area contributed by atoms with Gasteiger partial charge in [0.15, 0.2) is 5.82 Å². The van der Waals surface area contributed by atoms with Crippen LogP contribution in [-0.4, -0.2) is 31.1 Å². The van der Waals surface area contributed by atoms with E-state index in [1.165, 1.54) is 4.68 Å². The molecule has 140 valence electrons. The number of carbonyl (C=O) groups excluding carboxylic acids is 1. The molecule has 0 fully saturated rings. The van der Waals surface area contributed by atoms with E-state index in [4.69, 9.17) is 11.6 Å². The summed E-state index contributed by atoms with van der Waals surface area (Å²) in [4.78, 5) is 27.6. The number of halogens is 1. The zero-order valence-corrected chi connectivity index (χ0v) is 16.2. The van der Waals surface area contributed by atoms with Crippen molar-refractivity contribution in [2.24, 2.45) is 0 Å². The molecule has 2 N–H and O–H groups in total. The number of aromatic nitrogens is 5. The molecule has 1 amide bonds. The van der Waals surface area contributed by atoms with E-state index in [2.05, 4.69) is 25.8 Å². The second-order valence-electron chi connectivity index (χ2n) is 6.36. The van der Waals surface area contributed by atoms with Crippen molar-refractivity contribution >= 4 is 17.5 Å². The number of hydrogen-bond donors (Lipinski definition) is 2. The molecule has 0 unspecified atom stereocenters. The maximum atomic E-state index is 12.7. The van der Waals surface area contributed by atoms with Gasteiger partial charge in [0.2, 0.25) is 0 Å². The lowest BCUT2D eigenvalue weighted by Gasteiger charge is -2.13. The molecule has 0 aliphatic carbocycles. The average Bonchev–Trinajstić information content (AvgIpc) is 3.01. The van der Waals surface area contributed by atoms with Crippen LogP contribution in [0.4, 0.5) is 0 Å². The number of H-pyrrole nitrogens is 1. The number of tetrazole rings is 1. The van der Waals surface area contributed by atoms with Gasteiger partial charge in [0.1, 0.15) is 0 Å². The predicted molar refractivity (Wildman–Crippen MR) is 101 cm³/mol. The number of nitrogens with one attached hydrogen (secondary N) is 2. The van der Waals surface area contributed by atoms with Crippen LogP contribution in [0, 0.1) is 27.7 Å². The Bertz CT molecular complexity index is 1090. The predicted octanol–water partition coefficient (Wildman–Crippen LogP) is 2.17. The van der Waals surface area contributed by atoms with Gasteiger partial charge in [0.05, 0.1) is 5.69 Å². The Morgan fingerprint density at radius 2 is 1.96 bits per heavy atom. The third-order valence-corrected chi connectivity index (χ3v) is 4.58. The van der Waals surface area contributed by atoms with Gasteiger partial charge in [-0.25, -0.2) is 0 Å². The zero-order valence-electron chi connectivity index (χ0n) is 15.4. The third kappa shape index (κ3) is 3.75. The monoisotopic (exact) mass is 386 g/mol. The van der Waals surface area contributed by atoms with E-state index in [0.717, 1.165) is 11.3 Å². The first-order chi connectivity index (χ1) is 12.8. The number of carbonyl (C=O) groups is 1. The van der Waals surface area contributed by atoms with Crippen molar-refractivity contribution in [3.8, 4) is 5.69 Å². The van der Waals surface area contributed by atoms with Gasteiger partial charge < -0.3 is 10.3 Å². The van der Waals surface area contributed by atoms with Crippen LogP contribution in [0.1, 0.15) is 38.6 Å². The lowest BCUT2D eigenvalue weighted by atomic mass is 10.1. The van der Waals surface area contributed by atoms with Crippen molar-refractivity contribution in [3.05, 3.63) is 67.3 Å². The number of benzene rings is 1. The van der Waals surface area contributed by atoms with E-state index in [1.807, 2.05) is 19.9 Å². The second kappa shape index (κ2) is 7.32. The quantitative estimate of drug-likeness (QED) is 0.714. The number of aryl methyl sites for hydroxylation is 3. The van der Waals surface area contributed by atoms with Gasteiger partial charge in [-0.3, -0.25) is 9.59 Å². The summed E-state index contributed by atoms with van der Waals surface area (Å²) < 4.78 is 1.52. The van der Waals surface area contributed by atoms with E-state index < -0.39 is 0 Å². The molecule has 1 aromatic carbocycles. The molecule has 3 aromatic rings. The Balaban J connectivity index is 1.91. The molecule has 27 heavy (non-hydrogen) atoms. The molecule has 0 radical (unpaired) electrons. The molecule has 0 aliphatic rings. The fourth-order valence-electron chi connectivity index (χ4n) is 2.94. The molecule has 2 heterocycles. The molecule has 0 saturated heterocycles. The second-order valence-corrected chi connectivity index (χ2v) is 6.80. The lowest BCUT2D eigenvalue weighted by molar-refractivity contribution is 0.0950. The highest BCUT2D eigenvalue weighted by molar-refractivity contribution is 6.31. The summed E-state index contributed by atoms with van der Waals surface area (Å²) in [6.07, 6.45) is 0. The third-order valence-electron chi connectivity index (χ3n) is 4.36. The number of amides is 1. The molecule has 2 aromatic heterocycles. The van der Waals surface area contributed by atoms with E-state index in [9.17, 15) is 9.59 Å². The summed E-state index contributed by atoms with van der Waals surface area (Å²) in [5.74, 6) is 0.245. The highest BCUT2D eigenvalue weighted by Crippen LogP contribution is 2.24. The normalized spacial score (nSPS) is 10.9. The number of aromatic amines is 1. The van der Waals surface area contributed by atoms with E-state index in [-0.39, 0.29) is 18.0 Å². The van der Waals surface area contributed by atoms with Crippen LogP contribution >= 0.6 is 11.6 Å². The molecular weight excluding hydrogens is 368 g/mol. The number of pyridine rings is 1. The van der Waals surface area contributed by atoms with Gasteiger partial charge >= 0.3 is 0 Å². The summed E-state index contributed by atoms with van der Waals surface area (Å²) >= 11 is 6.20. The summed E-state index contributed by atoms with van der Waals surface area (Å²) in [6, 6.07) is 5.15. The van der Waals surface area contributed by atoms with E-state index in [1.54, 1.807) is 26.0 Å². The lowest BCUT2D eigenvalue weighted by Crippen LogP contribution is -2.28. The van der Waals surface area contributed by atoms with Crippen LogP contribution in [0.15, 0.2) is 23.0 Å². The first-order valence-electron chi connectivity index (χ1n) is 8.31. The summed E-state index contributed by atoms with van der Waals surface area (Å²) in [5, 5.41) is 14.6. The van der Waals surface area contributed by atoms with Crippen molar-refractivity contribution in [3.63, 3.8) is 0 Å². The summed E-state index contributed by atoms with van der Waals surface area (Å²) in [7, 11) is 0. The molecule has 0 saturated carbocycles. The smallest absolute Gasteiger partial charge is 0.253 e. The van der Waals surface area contributed by atoms with Crippen molar-refractivity contribution in [1.82, 2.24) is 30.5 Å². The Kier molecular flexibility index (Phi) is 5.09. The van der Waals surface area contributed by atoms with Crippen molar-refractivity contribution < 1.29 is 4.79 Å². The first kappa shape index (κ1) is 18.8. The summed E-state index contributed by atoms with van der Waals surface area (Å²) in [6.45, 7) is 7.32. The van der Waals surface area contributed by atoms with Crippen LogP contribution in [0.2, 0.25) is 5.02 Å². The topological polar surface area (TPSA) is 106 Å². The van der Waals surface area contributed by atoms with Gasteiger partial charge in [0, 0.05) is 28.4 Å². The maximum absolute atomic E-state index is 12.7. The highest BCUT2D eigenvalue weighted by Gasteiger charge is 2.17. The molecule has 0 spiro atoms. The molecule has 9 heteroatoms. The average molecular weight is 387 g/mol. The molecule has 0 bridgehead atoms. The highest BCUT2D eigenvalue weighted by atomic mass is 35.5. The van der Waals surface area contributed by atoms with Gasteiger partial charge in [-0.2, -0.15) is 4.68 Å². The van der Waals surface area contributed by atoms with Crippen molar-refractivity contribution in [1.29, 1.82) is 0 Å². The van der Waals surface area contributed by atoms with Crippen LogP contribution in [0.5, 0.6) is 0 Å². The number of nitrogens with zero attached hydrogens (tertiary/aromatic N) is 4. The zero-order chi connectivity index (χ0) is 19.7. The molecule has 3 rings (SSSR count). The Labute approximate surface area is 160 Å². The first-order valence-corrected chi connectivity index (χ1v) is 8.69. The minimum absolute atomic E-state index is 0.117. The Morgan fingerprint density at radius 3 is 2.59 bits per heavy atom. The molecule has 8 nitrogen and oxygen atoms in total. The Morgan fingerprint density at radius 1 is 1.22 bits per heavy atom. The van der Waals surface area contributed by atoms with Crippen LogP contribution in [-0.2, 0) is 6.54 Å². The van der Waals surface area contributed by atoms with Crippen molar-refractivity contribution in [2.75, 3.05) is 0 Å². The SMILES string of the molecule is Cc1cc(C)c(CNC(=O)c2cc(Cl)cc(-n3nnnc3C)c2C)c(=O)[nH]1. The van der Waals surface area contributed by atoms with Crippen LogP contribution in [0.25, 0.3) is 5.69 Å². The van der Waals surface area contributed by atoms with Crippen LogP contribution < -0.4 is 10.9 Å². The maximum Gasteiger partial charge on any atom is 0.253 e. The van der Waals surface area contributed by atoms with Crippen LogP contribution in [0.3, 0.4) is 0 Å². The van der Waals surface area contributed by atoms with Crippen molar-refractivity contribution in [2.45, 2.75) is 34.2 Å². The Hall–Kier alpha value is -3.00. The van der Waals surface area contributed by atoms with Gasteiger partial charge in [0.25, 0.3) is 11.5 Å². The van der Waals surface area contributed by atoms with E-state index >= 15 is 0 Å². The standard InChI is InChI=1S/C18H19ClN6O2/c1-9-5-10(2)21-18(27)15(9)8-20-17(26)14-6-13(19)7-16(11(14)3)25-12(4)22-23-24-25/h5-7H,8H2,1-4H3,(H,20,26)(H,21,27). The molecular formula is C18H19ClN6O2. The molecule has 0 atom stereocenters. The summed E-state index contributed by atoms with van der Waals surface area (Å²) in [5.41, 5.74) is 3.62. The van der Waals surface area contributed by atoms with Gasteiger partial charge in [-0.1, -0.05) is 11.6 Å². The number of rotatable bonds is 4. The fourth-order valence-corrected chi connectivity index (χ4v) is 3.15. The molecule has 0 aliphatic heterocycles. The van der Waals surface area contributed by atoms with E-state index in [0.29, 0.717) is 33.2 Å². The largest absolute Gasteiger partial charge is 0.348 e. The number of hydrogen-bond acceptors (Lipinski definition) is 5. The van der Waals surface area contributed by atoms with Gasteiger partial charge in [-0.05, 0) is 67.4 Å². The minimum atomic E-state index is -0.332. The van der Waals surface area contributed by atoms with Gasteiger partial charge in [-0.15, -0.1) is 5.10 Å².